The van der Waals surface area contributed by atoms with Crippen LogP contribution in [-0.4, -0.2) is 16.6 Å². The maximum Gasteiger partial charge on any atom is 0.416 e. The van der Waals surface area contributed by atoms with E-state index < -0.39 is 34.3 Å². The first-order valence-electron chi connectivity index (χ1n) is 5.07. The van der Waals surface area contributed by atoms with Crippen molar-refractivity contribution in [1.82, 2.24) is 5.32 Å². The predicted molar refractivity (Wildman–Crippen MR) is 67.7 cm³/mol. The maximum absolute atomic E-state index is 12.7. The Morgan fingerprint density at radius 2 is 1.79 bits per heavy atom. The average Bonchev–Trinajstić information content (AvgIpc) is 2.53. The largest absolute Gasteiger partial charge is 0.416 e. The number of halogens is 5. The van der Waals surface area contributed by atoms with Gasteiger partial charge in [0.05, 0.1) is 11.5 Å². The van der Waals surface area contributed by atoms with Crippen LogP contribution in [0, 0.1) is 0 Å². The van der Waals surface area contributed by atoms with E-state index in [4.69, 9.17) is 0 Å². The Balaban J connectivity index is 2.50. The van der Waals surface area contributed by atoms with Gasteiger partial charge in [0.1, 0.15) is 4.83 Å². The summed E-state index contributed by atoms with van der Waals surface area (Å²) < 4.78 is 38.3. The summed E-state index contributed by atoms with van der Waals surface area (Å²) in [5.41, 5.74) is -0.738. The Bertz CT molecular complexity index is 559. The van der Waals surface area contributed by atoms with Crippen LogP contribution in [0.15, 0.2) is 22.7 Å². The minimum absolute atomic E-state index is 0.125. The molecule has 2 rings (SSSR count). The lowest BCUT2D eigenvalue weighted by Gasteiger charge is -2.15. The number of benzene rings is 1. The summed E-state index contributed by atoms with van der Waals surface area (Å²) in [7, 11) is 0. The molecule has 1 saturated heterocycles. The predicted octanol–water partition coefficient (Wildman–Crippen LogP) is 2.97. The van der Waals surface area contributed by atoms with Gasteiger partial charge in [-0.25, -0.2) is 0 Å². The second-order valence-corrected chi connectivity index (χ2v) is 5.81. The Kier molecular flexibility index (Phi) is 3.74. The Morgan fingerprint density at radius 1 is 1.16 bits per heavy atom. The fourth-order valence-corrected chi connectivity index (χ4v) is 2.94. The third kappa shape index (κ3) is 2.69. The molecule has 0 aliphatic carbocycles. The van der Waals surface area contributed by atoms with E-state index in [1.807, 2.05) is 0 Å². The molecule has 1 heterocycles. The molecule has 0 spiro atoms. The molecule has 3 nitrogen and oxygen atoms in total. The Labute approximate surface area is 122 Å². The van der Waals surface area contributed by atoms with E-state index in [2.05, 4.69) is 37.2 Å². The highest BCUT2D eigenvalue weighted by Gasteiger charge is 2.42. The van der Waals surface area contributed by atoms with Crippen LogP contribution < -0.4 is 5.32 Å². The van der Waals surface area contributed by atoms with Gasteiger partial charge in [0.2, 0.25) is 11.8 Å². The van der Waals surface area contributed by atoms with Gasteiger partial charge >= 0.3 is 6.18 Å². The first-order valence-corrected chi connectivity index (χ1v) is 6.78. The van der Waals surface area contributed by atoms with Gasteiger partial charge in [-0.3, -0.25) is 14.9 Å². The second kappa shape index (κ2) is 4.90. The zero-order valence-corrected chi connectivity index (χ0v) is 12.3. The van der Waals surface area contributed by atoms with E-state index >= 15 is 0 Å². The molecule has 2 unspecified atom stereocenters. The summed E-state index contributed by atoms with van der Waals surface area (Å²) in [6, 6.07) is 3.00. The van der Waals surface area contributed by atoms with Crippen LogP contribution in [0.25, 0.3) is 0 Å². The van der Waals surface area contributed by atoms with Crippen LogP contribution in [0.5, 0.6) is 0 Å². The number of hydrogen-bond acceptors (Lipinski definition) is 2. The number of rotatable bonds is 1. The molecule has 1 aromatic rings. The number of carbonyl (C=O) groups is 2. The van der Waals surface area contributed by atoms with Gasteiger partial charge < -0.3 is 0 Å². The third-order valence-electron chi connectivity index (χ3n) is 2.73. The molecule has 0 radical (unpaired) electrons. The van der Waals surface area contributed by atoms with Crippen LogP contribution in [0.2, 0.25) is 0 Å². The molecule has 1 aliphatic heterocycles. The summed E-state index contributed by atoms with van der Waals surface area (Å²) in [5, 5.41) is 2.07. The standard InChI is InChI=1S/C11H6Br2F3NO2/c12-6-2-1-4(11(14,15)16)3-5(6)7-8(13)10(19)17-9(7)18/h1-3,7-8H,(H,17,18,19). The molecular formula is C11H6Br2F3NO2. The van der Waals surface area contributed by atoms with E-state index in [1.54, 1.807) is 0 Å². The topological polar surface area (TPSA) is 46.2 Å². The van der Waals surface area contributed by atoms with Crippen molar-refractivity contribution in [1.29, 1.82) is 0 Å². The van der Waals surface area contributed by atoms with Gasteiger partial charge in [0.25, 0.3) is 0 Å². The number of carbonyl (C=O) groups excluding carboxylic acids is 2. The van der Waals surface area contributed by atoms with Crippen LogP contribution in [0.1, 0.15) is 17.0 Å². The normalized spacial score (nSPS) is 23.6. The average molecular weight is 401 g/mol. The van der Waals surface area contributed by atoms with Crippen molar-refractivity contribution >= 4 is 43.7 Å². The minimum atomic E-state index is -4.50. The van der Waals surface area contributed by atoms with E-state index in [0.29, 0.717) is 4.47 Å². The minimum Gasteiger partial charge on any atom is -0.295 e. The van der Waals surface area contributed by atoms with Crippen molar-refractivity contribution in [3.05, 3.63) is 33.8 Å². The summed E-state index contributed by atoms with van der Waals surface area (Å²) in [6.07, 6.45) is -4.50. The van der Waals surface area contributed by atoms with Gasteiger partial charge in [-0.15, -0.1) is 0 Å². The summed E-state index contributed by atoms with van der Waals surface area (Å²) in [5.74, 6) is -2.16. The molecule has 2 atom stereocenters. The molecule has 0 saturated carbocycles. The van der Waals surface area contributed by atoms with Crippen LogP contribution in [-0.2, 0) is 15.8 Å². The molecular weight excluding hydrogens is 395 g/mol. The van der Waals surface area contributed by atoms with Crippen molar-refractivity contribution in [2.24, 2.45) is 0 Å². The summed E-state index contributed by atoms with van der Waals surface area (Å²) >= 11 is 6.12. The lowest BCUT2D eigenvalue weighted by molar-refractivity contribution is -0.137. The highest BCUT2D eigenvalue weighted by Crippen LogP contribution is 2.38. The first kappa shape index (κ1) is 14.5. The van der Waals surface area contributed by atoms with E-state index in [1.165, 1.54) is 6.07 Å². The molecule has 8 heteroatoms. The van der Waals surface area contributed by atoms with Gasteiger partial charge in [0, 0.05) is 4.47 Å². The number of amides is 2. The highest BCUT2D eigenvalue weighted by molar-refractivity contribution is 9.10. The van der Waals surface area contributed by atoms with E-state index in [0.717, 1.165) is 12.1 Å². The molecule has 0 aromatic heterocycles. The number of nitrogens with one attached hydrogen (secondary N) is 1. The number of hydrogen-bond donors (Lipinski definition) is 1. The molecule has 1 aromatic carbocycles. The van der Waals surface area contributed by atoms with Gasteiger partial charge in [-0.05, 0) is 23.8 Å². The molecule has 0 bridgehead atoms. The second-order valence-electron chi connectivity index (χ2n) is 3.97. The van der Waals surface area contributed by atoms with E-state index in [9.17, 15) is 22.8 Å². The number of alkyl halides is 4. The van der Waals surface area contributed by atoms with Crippen molar-refractivity contribution in [3.63, 3.8) is 0 Å². The molecule has 1 aliphatic rings. The van der Waals surface area contributed by atoms with Gasteiger partial charge in [-0.1, -0.05) is 31.9 Å². The maximum atomic E-state index is 12.7. The summed E-state index contributed by atoms with van der Waals surface area (Å²) in [4.78, 5) is 22.1. The monoisotopic (exact) mass is 399 g/mol. The SMILES string of the molecule is O=C1NC(=O)C(c2cc(C(F)(F)F)ccc2Br)C1Br. The highest BCUT2D eigenvalue weighted by atomic mass is 79.9. The first-order chi connectivity index (χ1) is 8.71. The zero-order valence-electron chi connectivity index (χ0n) is 9.09. The molecule has 19 heavy (non-hydrogen) atoms. The van der Waals surface area contributed by atoms with Crippen LogP contribution >= 0.6 is 31.9 Å². The van der Waals surface area contributed by atoms with Crippen molar-refractivity contribution in [3.8, 4) is 0 Å². The number of imide groups is 1. The molecule has 1 fully saturated rings. The molecule has 1 N–H and O–H groups in total. The smallest absolute Gasteiger partial charge is 0.295 e. The zero-order chi connectivity index (χ0) is 14.4. The lowest BCUT2D eigenvalue weighted by atomic mass is 9.95. The molecule has 2 amide bonds. The van der Waals surface area contributed by atoms with E-state index in [-0.39, 0.29) is 5.56 Å². The van der Waals surface area contributed by atoms with Crippen molar-refractivity contribution in [2.45, 2.75) is 16.9 Å². The van der Waals surface area contributed by atoms with Crippen molar-refractivity contribution < 1.29 is 22.8 Å². The van der Waals surface area contributed by atoms with Gasteiger partial charge in [-0.2, -0.15) is 13.2 Å². The fraction of sp³-hybridized carbons (Fsp3) is 0.273. The van der Waals surface area contributed by atoms with Crippen LogP contribution in [0.4, 0.5) is 13.2 Å². The quantitative estimate of drug-likeness (QED) is 0.582. The summed E-state index contributed by atoms with van der Waals surface area (Å²) in [6.45, 7) is 0. The third-order valence-corrected chi connectivity index (χ3v) is 4.40. The lowest BCUT2D eigenvalue weighted by Crippen LogP contribution is -2.22. The van der Waals surface area contributed by atoms with Crippen molar-refractivity contribution in [2.75, 3.05) is 0 Å². The molecule has 102 valence electrons. The Hall–Kier alpha value is -0.890. The van der Waals surface area contributed by atoms with Crippen LogP contribution in [0.3, 0.4) is 0 Å². The fourth-order valence-electron chi connectivity index (χ4n) is 1.81. The van der Waals surface area contributed by atoms with Gasteiger partial charge in [0.15, 0.2) is 0 Å². The Morgan fingerprint density at radius 3 is 2.26 bits per heavy atom.